The SMILES string of the molecule is CC(=O)N1CCCC1c1cc(CCOc2cccc(C(F)(F)F)c2)[nH]n1. The fourth-order valence-electron chi connectivity index (χ4n) is 3.17. The number of alkyl halides is 3. The van der Waals surface area contributed by atoms with Gasteiger partial charge in [0.2, 0.25) is 5.91 Å². The summed E-state index contributed by atoms with van der Waals surface area (Å²) in [5, 5.41) is 7.20. The first-order chi connectivity index (χ1) is 12.3. The number of carbonyl (C=O) groups is 1. The van der Waals surface area contributed by atoms with E-state index in [-0.39, 0.29) is 24.3 Å². The van der Waals surface area contributed by atoms with Crippen LogP contribution in [0.3, 0.4) is 0 Å². The zero-order valence-electron chi connectivity index (χ0n) is 14.3. The monoisotopic (exact) mass is 367 g/mol. The molecule has 0 aliphatic carbocycles. The number of ether oxygens (including phenoxy) is 1. The molecule has 1 amide bonds. The van der Waals surface area contributed by atoms with Gasteiger partial charge in [-0.3, -0.25) is 9.89 Å². The van der Waals surface area contributed by atoms with E-state index in [1.165, 1.54) is 12.1 Å². The molecule has 1 aromatic carbocycles. The van der Waals surface area contributed by atoms with Gasteiger partial charge in [-0.25, -0.2) is 0 Å². The molecule has 1 aliphatic heterocycles. The van der Waals surface area contributed by atoms with Crippen molar-refractivity contribution in [2.45, 2.75) is 38.4 Å². The van der Waals surface area contributed by atoms with E-state index < -0.39 is 11.7 Å². The van der Waals surface area contributed by atoms with Gasteiger partial charge in [-0.2, -0.15) is 18.3 Å². The number of carbonyl (C=O) groups excluding carboxylic acids is 1. The molecule has 1 N–H and O–H groups in total. The number of aromatic nitrogens is 2. The van der Waals surface area contributed by atoms with Crippen molar-refractivity contribution in [2.24, 2.45) is 0 Å². The Morgan fingerprint density at radius 2 is 2.19 bits per heavy atom. The molecular formula is C18H20F3N3O2. The number of amides is 1. The quantitative estimate of drug-likeness (QED) is 0.876. The summed E-state index contributed by atoms with van der Waals surface area (Å²) >= 11 is 0. The molecule has 1 saturated heterocycles. The Bertz CT molecular complexity index is 773. The molecule has 0 radical (unpaired) electrons. The Hall–Kier alpha value is -2.51. The molecule has 0 spiro atoms. The van der Waals surface area contributed by atoms with Crippen LogP contribution >= 0.6 is 0 Å². The van der Waals surface area contributed by atoms with Crippen molar-refractivity contribution in [1.29, 1.82) is 0 Å². The van der Waals surface area contributed by atoms with Gasteiger partial charge in [0.1, 0.15) is 5.75 Å². The number of rotatable bonds is 5. The number of halogens is 3. The fraction of sp³-hybridized carbons (Fsp3) is 0.444. The largest absolute Gasteiger partial charge is 0.493 e. The molecule has 1 unspecified atom stereocenters. The highest BCUT2D eigenvalue weighted by atomic mass is 19.4. The van der Waals surface area contributed by atoms with Crippen LogP contribution in [0, 0.1) is 0 Å². The van der Waals surface area contributed by atoms with Gasteiger partial charge in [0.05, 0.1) is 23.9 Å². The number of nitrogens with zero attached hydrogens (tertiary/aromatic N) is 2. The van der Waals surface area contributed by atoms with Gasteiger partial charge in [0.25, 0.3) is 0 Å². The predicted molar refractivity (Wildman–Crippen MR) is 88.6 cm³/mol. The maximum absolute atomic E-state index is 12.7. The van der Waals surface area contributed by atoms with Crippen LogP contribution in [-0.4, -0.2) is 34.2 Å². The number of benzene rings is 1. The minimum Gasteiger partial charge on any atom is -0.493 e. The zero-order valence-corrected chi connectivity index (χ0v) is 14.3. The molecule has 1 aromatic heterocycles. The highest BCUT2D eigenvalue weighted by Gasteiger charge is 2.31. The van der Waals surface area contributed by atoms with Crippen molar-refractivity contribution in [3.63, 3.8) is 0 Å². The van der Waals surface area contributed by atoms with Crippen LogP contribution in [0.15, 0.2) is 30.3 Å². The summed E-state index contributed by atoms with van der Waals surface area (Å²) in [4.78, 5) is 13.5. The molecule has 3 rings (SSSR count). The summed E-state index contributed by atoms with van der Waals surface area (Å²) in [6, 6.07) is 6.70. The maximum atomic E-state index is 12.7. The fourth-order valence-corrected chi connectivity index (χ4v) is 3.17. The first-order valence-corrected chi connectivity index (χ1v) is 8.46. The number of H-pyrrole nitrogens is 1. The van der Waals surface area contributed by atoms with E-state index in [2.05, 4.69) is 10.2 Å². The third kappa shape index (κ3) is 4.17. The number of aromatic amines is 1. The van der Waals surface area contributed by atoms with Crippen LogP contribution in [0.4, 0.5) is 13.2 Å². The van der Waals surface area contributed by atoms with E-state index in [9.17, 15) is 18.0 Å². The van der Waals surface area contributed by atoms with Crippen LogP contribution in [0.5, 0.6) is 5.75 Å². The average molecular weight is 367 g/mol. The van der Waals surface area contributed by atoms with Gasteiger partial charge >= 0.3 is 6.18 Å². The topological polar surface area (TPSA) is 58.2 Å². The van der Waals surface area contributed by atoms with Crippen molar-refractivity contribution >= 4 is 5.91 Å². The predicted octanol–water partition coefficient (Wildman–Crippen LogP) is 3.73. The Morgan fingerprint density at radius 1 is 1.38 bits per heavy atom. The van der Waals surface area contributed by atoms with Crippen molar-refractivity contribution < 1.29 is 22.7 Å². The van der Waals surface area contributed by atoms with Crippen molar-refractivity contribution in [1.82, 2.24) is 15.1 Å². The summed E-state index contributed by atoms with van der Waals surface area (Å²) in [5.41, 5.74) is 0.901. The first kappa shape index (κ1) is 18.3. The lowest BCUT2D eigenvalue weighted by Gasteiger charge is -2.21. The van der Waals surface area contributed by atoms with Crippen molar-refractivity contribution in [3.05, 3.63) is 47.3 Å². The maximum Gasteiger partial charge on any atom is 0.416 e. The Kier molecular flexibility index (Phi) is 5.20. The summed E-state index contributed by atoms with van der Waals surface area (Å²) in [7, 11) is 0. The molecule has 2 heterocycles. The molecule has 1 atom stereocenters. The number of nitrogens with one attached hydrogen (secondary N) is 1. The molecule has 1 aliphatic rings. The second kappa shape index (κ2) is 7.39. The minimum absolute atomic E-state index is 0.0121. The summed E-state index contributed by atoms with van der Waals surface area (Å²) in [6.45, 7) is 2.51. The molecule has 1 fully saturated rings. The van der Waals surface area contributed by atoms with E-state index in [1.54, 1.807) is 11.8 Å². The van der Waals surface area contributed by atoms with Gasteiger partial charge in [-0.05, 0) is 37.1 Å². The summed E-state index contributed by atoms with van der Waals surface area (Å²) in [6.07, 6.45) is -2.08. The van der Waals surface area contributed by atoms with E-state index in [4.69, 9.17) is 4.74 Å². The molecule has 2 aromatic rings. The third-order valence-electron chi connectivity index (χ3n) is 4.45. The van der Waals surface area contributed by atoms with Crippen LogP contribution in [-0.2, 0) is 17.4 Å². The molecule has 0 bridgehead atoms. The summed E-state index contributed by atoms with van der Waals surface area (Å²) < 4.78 is 43.5. The number of likely N-dealkylation sites (tertiary alicyclic amines) is 1. The van der Waals surface area contributed by atoms with E-state index >= 15 is 0 Å². The zero-order chi connectivity index (χ0) is 18.7. The van der Waals surface area contributed by atoms with Crippen molar-refractivity contribution in [3.8, 4) is 5.75 Å². The standard InChI is InChI=1S/C18H20F3N3O2/c1-12(25)24-8-3-6-17(24)16-11-14(22-23-16)7-9-26-15-5-2-4-13(10-15)18(19,20)21/h2,4-5,10-11,17H,3,6-9H2,1H3,(H,22,23). The van der Waals surface area contributed by atoms with Gasteiger partial charge in [0.15, 0.2) is 0 Å². The number of hydrogen-bond donors (Lipinski definition) is 1. The van der Waals surface area contributed by atoms with Gasteiger partial charge in [-0.1, -0.05) is 6.07 Å². The molecule has 0 saturated carbocycles. The van der Waals surface area contributed by atoms with E-state index in [0.29, 0.717) is 6.42 Å². The van der Waals surface area contributed by atoms with Gasteiger partial charge in [0, 0.05) is 25.6 Å². The molecule has 26 heavy (non-hydrogen) atoms. The lowest BCUT2D eigenvalue weighted by atomic mass is 10.1. The molecule has 140 valence electrons. The van der Waals surface area contributed by atoms with Gasteiger partial charge in [-0.15, -0.1) is 0 Å². The first-order valence-electron chi connectivity index (χ1n) is 8.46. The van der Waals surface area contributed by atoms with E-state index in [0.717, 1.165) is 42.9 Å². The number of hydrogen-bond acceptors (Lipinski definition) is 3. The van der Waals surface area contributed by atoms with Crippen molar-refractivity contribution in [2.75, 3.05) is 13.2 Å². The lowest BCUT2D eigenvalue weighted by Crippen LogP contribution is -2.28. The smallest absolute Gasteiger partial charge is 0.416 e. The Morgan fingerprint density at radius 3 is 2.92 bits per heavy atom. The molecule has 8 heteroatoms. The Balaban J connectivity index is 1.57. The lowest BCUT2D eigenvalue weighted by molar-refractivity contribution is -0.137. The summed E-state index contributed by atoms with van der Waals surface area (Å²) in [5.74, 6) is 0.211. The second-order valence-corrected chi connectivity index (χ2v) is 6.31. The van der Waals surface area contributed by atoms with Crippen LogP contribution in [0.1, 0.15) is 42.8 Å². The molecular weight excluding hydrogens is 347 g/mol. The van der Waals surface area contributed by atoms with Crippen LogP contribution in [0.2, 0.25) is 0 Å². The molecule has 5 nitrogen and oxygen atoms in total. The Labute approximate surface area is 149 Å². The van der Waals surface area contributed by atoms with Crippen LogP contribution < -0.4 is 4.74 Å². The second-order valence-electron chi connectivity index (χ2n) is 6.31. The highest BCUT2D eigenvalue weighted by molar-refractivity contribution is 5.74. The third-order valence-corrected chi connectivity index (χ3v) is 4.45. The highest BCUT2D eigenvalue weighted by Crippen LogP contribution is 2.32. The van der Waals surface area contributed by atoms with E-state index in [1.807, 2.05) is 6.07 Å². The minimum atomic E-state index is -4.39. The van der Waals surface area contributed by atoms with Gasteiger partial charge < -0.3 is 9.64 Å². The van der Waals surface area contributed by atoms with Crippen LogP contribution in [0.25, 0.3) is 0 Å². The normalized spacial score (nSPS) is 17.5. The average Bonchev–Trinajstić information content (AvgIpc) is 3.23.